The molecule has 0 unspecified atom stereocenters. The Kier molecular flexibility index (Phi) is 6.29. The van der Waals surface area contributed by atoms with Crippen LogP contribution in [0.4, 0.5) is 8.78 Å². The van der Waals surface area contributed by atoms with E-state index in [1.165, 1.54) is 12.7 Å². The number of rotatable bonds is 7. The Labute approximate surface area is 112 Å². The van der Waals surface area contributed by atoms with Gasteiger partial charge in [0.2, 0.25) is 0 Å². The summed E-state index contributed by atoms with van der Waals surface area (Å²) in [6.45, 7) is 2.24. The summed E-state index contributed by atoms with van der Waals surface area (Å²) >= 11 is 0. The summed E-state index contributed by atoms with van der Waals surface area (Å²) in [6.07, 6.45) is 2.02. The molecular formula is C14H19F2NO2. The van der Waals surface area contributed by atoms with Crippen LogP contribution in [0.1, 0.15) is 19.4 Å². The highest BCUT2D eigenvalue weighted by Gasteiger charge is 2.14. The molecule has 1 aromatic rings. The van der Waals surface area contributed by atoms with Crippen LogP contribution in [0.15, 0.2) is 29.8 Å². The van der Waals surface area contributed by atoms with E-state index in [9.17, 15) is 8.78 Å². The van der Waals surface area contributed by atoms with Crippen molar-refractivity contribution >= 4 is 0 Å². The van der Waals surface area contributed by atoms with Crippen LogP contribution in [0.5, 0.6) is 11.5 Å². The van der Waals surface area contributed by atoms with Gasteiger partial charge < -0.3 is 14.8 Å². The molecule has 0 aliphatic carbocycles. The molecule has 0 aliphatic heterocycles. The molecule has 0 radical (unpaired) electrons. The summed E-state index contributed by atoms with van der Waals surface area (Å²) < 4.78 is 34.4. The minimum absolute atomic E-state index is 0.0877. The highest BCUT2D eigenvalue weighted by Crippen LogP contribution is 2.32. The third-order valence-corrected chi connectivity index (χ3v) is 2.46. The zero-order chi connectivity index (χ0) is 14.3. The molecule has 0 aromatic heterocycles. The van der Waals surface area contributed by atoms with Gasteiger partial charge in [-0.3, -0.25) is 0 Å². The number of allylic oxidation sites excluding steroid dienone is 1. The van der Waals surface area contributed by atoms with E-state index in [4.69, 9.17) is 4.74 Å². The van der Waals surface area contributed by atoms with Crippen LogP contribution >= 0.6 is 0 Å². The van der Waals surface area contributed by atoms with Crippen LogP contribution in [0.2, 0.25) is 0 Å². The fourth-order valence-electron chi connectivity index (χ4n) is 1.57. The number of hydrogen-bond donors (Lipinski definition) is 1. The van der Waals surface area contributed by atoms with Gasteiger partial charge in [-0.25, -0.2) is 0 Å². The molecule has 19 heavy (non-hydrogen) atoms. The molecule has 0 amide bonds. The lowest BCUT2D eigenvalue weighted by Crippen LogP contribution is -2.15. The number of ether oxygens (including phenoxy) is 2. The molecule has 1 rings (SSSR count). The second-order valence-corrected chi connectivity index (χ2v) is 4.24. The van der Waals surface area contributed by atoms with Gasteiger partial charge in [0.05, 0.1) is 7.11 Å². The maximum Gasteiger partial charge on any atom is 0.387 e. The number of hydrogen-bond acceptors (Lipinski definition) is 3. The fraction of sp³-hybridized carbons (Fsp3) is 0.429. The summed E-state index contributed by atoms with van der Waals surface area (Å²) in [5.41, 5.74) is 1.84. The molecular weight excluding hydrogens is 252 g/mol. The molecule has 0 atom stereocenters. The van der Waals surface area contributed by atoms with Crippen molar-refractivity contribution in [3.05, 3.63) is 35.4 Å². The number of benzene rings is 1. The zero-order valence-corrected chi connectivity index (χ0v) is 11.4. The van der Waals surface area contributed by atoms with Gasteiger partial charge in [0, 0.05) is 18.7 Å². The molecule has 106 valence electrons. The SMILES string of the molecule is COc1cccc(CNCC=C(C)C)c1OC(F)F. The second-order valence-electron chi connectivity index (χ2n) is 4.24. The Morgan fingerprint density at radius 3 is 2.68 bits per heavy atom. The molecule has 0 spiro atoms. The maximum absolute atomic E-state index is 12.4. The first-order valence-electron chi connectivity index (χ1n) is 5.99. The van der Waals surface area contributed by atoms with E-state index in [1.807, 2.05) is 19.9 Å². The van der Waals surface area contributed by atoms with E-state index in [0.29, 0.717) is 24.4 Å². The van der Waals surface area contributed by atoms with Gasteiger partial charge in [0.1, 0.15) is 0 Å². The van der Waals surface area contributed by atoms with Crippen molar-refractivity contribution in [2.75, 3.05) is 13.7 Å². The lowest BCUT2D eigenvalue weighted by molar-refractivity contribution is -0.0518. The van der Waals surface area contributed by atoms with Gasteiger partial charge in [-0.15, -0.1) is 0 Å². The first kappa shape index (κ1) is 15.4. The normalized spacial score (nSPS) is 10.4. The monoisotopic (exact) mass is 271 g/mol. The lowest BCUT2D eigenvalue weighted by Gasteiger charge is -2.14. The lowest BCUT2D eigenvalue weighted by atomic mass is 10.2. The Morgan fingerprint density at radius 1 is 1.37 bits per heavy atom. The van der Waals surface area contributed by atoms with Crippen LogP contribution in [0.3, 0.4) is 0 Å². The van der Waals surface area contributed by atoms with Crippen LogP contribution in [-0.4, -0.2) is 20.3 Å². The van der Waals surface area contributed by atoms with Crippen molar-refractivity contribution in [1.82, 2.24) is 5.32 Å². The topological polar surface area (TPSA) is 30.5 Å². The quantitative estimate of drug-likeness (QED) is 0.609. The maximum atomic E-state index is 12.4. The Balaban J connectivity index is 2.78. The van der Waals surface area contributed by atoms with Gasteiger partial charge in [-0.05, 0) is 19.9 Å². The molecule has 5 heteroatoms. The molecule has 0 heterocycles. The average molecular weight is 271 g/mol. The molecule has 0 fully saturated rings. The molecule has 0 aliphatic rings. The summed E-state index contributed by atoms with van der Waals surface area (Å²) in [7, 11) is 1.42. The summed E-state index contributed by atoms with van der Waals surface area (Å²) in [5, 5.41) is 3.14. The van der Waals surface area contributed by atoms with Crippen molar-refractivity contribution in [3.63, 3.8) is 0 Å². The standard InChI is InChI=1S/C14H19F2NO2/c1-10(2)7-8-17-9-11-5-4-6-12(18-3)13(11)19-14(15)16/h4-7,14,17H,8-9H2,1-3H3. The van der Waals surface area contributed by atoms with Crippen molar-refractivity contribution in [2.24, 2.45) is 0 Å². The average Bonchev–Trinajstić information content (AvgIpc) is 2.35. The minimum Gasteiger partial charge on any atom is -0.493 e. The predicted octanol–water partition coefficient (Wildman–Crippen LogP) is 3.35. The van der Waals surface area contributed by atoms with Gasteiger partial charge in [-0.2, -0.15) is 8.78 Å². The van der Waals surface area contributed by atoms with Crippen molar-refractivity contribution in [2.45, 2.75) is 27.0 Å². The van der Waals surface area contributed by atoms with Gasteiger partial charge in [0.25, 0.3) is 0 Å². The smallest absolute Gasteiger partial charge is 0.387 e. The first-order valence-corrected chi connectivity index (χ1v) is 5.99. The number of halogens is 2. The van der Waals surface area contributed by atoms with Crippen molar-refractivity contribution < 1.29 is 18.3 Å². The number of para-hydroxylation sites is 1. The van der Waals surface area contributed by atoms with Crippen LogP contribution < -0.4 is 14.8 Å². The largest absolute Gasteiger partial charge is 0.493 e. The van der Waals surface area contributed by atoms with E-state index < -0.39 is 6.61 Å². The van der Waals surface area contributed by atoms with Gasteiger partial charge in [0.15, 0.2) is 11.5 Å². The fourth-order valence-corrected chi connectivity index (χ4v) is 1.57. The van der Waals surface area contributed by atoms with Gasteiger partial charge in [-0.1, -0.05) is 23.8 Å². The summed E-state index contributed by atoms with van der Waals surface area (Å²) in [4.78, 5) is 0. The molecule has 0 saturated carbocycles. The molecule has 0 saturated heterocycles. The molecule has 1 aromatic carbocycles. The van der Waals surface area contributed by atoms with Crippen LogP contribution in [-0.2, 0) is 6.54 Å². The van der Waals surface area contributed by atoms with E-state index in [2.05, 4.69) is 10.1 Å². The van der Waals surface area contributed by atoms with E-state index in [1.54, 1.807) is 18.2 Å². The highest BCUT2D eigenvalue weighted by molar-refractivity contribution is 5.46. The highest BCUT2D eigenvalue weighted by atomic mass is 19.3. The number of alkyl halides is 2. The Hall–Kier alpha value is -1.62. The number of methoxy groups -OCH3 is 1. The van der Waals surface area contributed by atoms with Crippen LogP contribution in [0, 0.1) is 0 Å². The van der Waals surface area contributed by atoms with Crippen LogP contribution in [0.25, 0.3) is 0 Å². The molecule has 3 nitrogen and oxygen atoms in total. The van der Waals surface area contributed by atoms with Crippen molar-refractivity contribution in [1.29, 1.82) is 0 Å². The minimum atomic E-state index is -2.87. The predicted molar refractivity (Wildman–Crippen MR) is 70.8 cm³/mol. The van der Waals surface area contributed by atoms with Gasteiger partial charge >= 0.3 is 6.61 Å². The molecule has 1 N–H and O–H groups in total. The summed E-state index contributed by atoms with van der Waals surface area (Å²) in [6, 6.07) is 5.07. The van der Waals surface area contributed by atoms with E-state index in [0.717, 1.165) is 0 Å². The van der Waals surface area contributed by atoms with E-state index >= 15 is 0 Å². The molecule has 0 bridgehead atoms. The Bertz CT molecular complexity index is 429. The third-order valence-electron chi connectivity index (χ3n) is 2.46. The summed E-state index contributed by atoms with van der Waals surface area (Å²) in [5.74, 6) is 0.395. The first-order chi connectivity index (χ1) is 9.04. The number of nitrogens with one attached hydrogen (secondary N) is 1. The second kappa shape index (κ2) is 7.74. The van der Waals surface area contributed by atoms with Crippen molar-refractivity contribution in [3.8, 4) is 11.5 Å². The Morgan fingerprint density at radius 2 is 2.11 bits per heavy atom. The zero-order valence-electron chi connectivity index (χ0n) is 11.4. The van der Waals surface area contributed by atoms with E-state index in [-0.39, 0.29) is 5.75 Å². The third kappa shape index (κ3) is 5.26.